The molecular weight excluding hydrogens is 402 g/mol. The molecule has 1 aliphatic heterocycles. The van der Waals surface area contributed by atoms with E-state index in [9.17, 15) is 27.2 Å². The van der Waals surface area contributed by atoms with Crippen LogP contribution in [0.3, 0.4) is 0 Å². The van der Waals surface area contributed by atoms with Gasteiger partial charge < -0.3 is 10.6 Å². The summed E-state index contributed by atoms with van der Waals surface area (Å²) in [6, 6.07) is 1.72. The third kappa shape index (κ3) is 5.50. The molecule has 0 aromatic heterocycles. The van der Waals surface area contributed by atoms with E-state index in [4.69, 9.17) is 0 Å². The van der Waals surface area contributed by atoms with Crippen LogP contribution in [0.1, 0.15) is 56.0 Å². The van der Waals surface area contributed by atoms with Crippen molar-refractivity contribution in [1.29, 1.82) is 0 Å². The summed E-state index contributed by atoms with van der Waals surface area (Å²) in [4.78, 5) is 26.5. The summed E-state index contributed by atoms with van der Waals surface area (Å²) < 4.78 is 52.1. The van der Waals surface area contributed by atoms with Gasteiger partial charge in [-0.25, -0.2) is 4.39 Å². The number of carbonyl (C=O) groups is 2. The van der Waals surface area contributed by atoms with Gasteiger partial charge in [-0.2, -0.15) is 13.2 Å². The first kappa shape index (κ1) is 22.5. The molecule has 0 unspecified atom stereocenters. The van der Waals surface area contributed by atoms with E-state index >= 15 is 0 Å². The first-order valence-electron chi connectivity index (χ1n) is 9.99. The Kier molecular flexibility index (Phi) is 5.88. The second kappa shape index (κ2) is 7.83. The van der Waals surface area contributed by atoms with Crippen LogP contribution in [0.5, 0.6) is 0 Å². The minimum Gasteiger partial charge on any atom is -0.350 e. The fourth-order valence-corrected chi connectivity index (χ4v) is 4.05. The Morgan fingerprint density at radius 2 is 1.77 bits per heavy atom. The summed E-state index contributed by atoms with van der Waals surface area (Å²) in [5.41, 5.74) is -1.89. The average Bonchev–Trinajstić information content (AvgIpc) is 3.25. The lowest BCUT2D eigenvalue weighted by molar-refractivity contribution is -0.137. The van der Waals surface area contributed by atoms with Crippen LogP contribution in [0.2, 0.25) is 0 Å². The van der Waals surface area contributed by atoms with Gasteiger partial charge >= 0.3 is 6.18 Å². The molecule has 3 rings (SSSR count). The highest BCUT2D eigenvalue weighted by atomic mass is 19.4. The zero-order valence-corrected chi connectivity index (χ0v) is 17.3. The highest BCUT2D eigenvalue weighted by molar-refractivity contribution is 5.95. The van der Waals surface area contributed by atoms with Gasteiger partial charge in [-0.3, -0.25) is 14.5 Å². The molecule has 1 aliphatic carbocycles. The van der Waals surface area contributed by atoms with Gasteiger partial charge in [0, 0.05) is 17.1 Å². The monoisotopic (exact) mass is 429 g/mol. The molecule has 1 aromatic carbocycles. The number of benzene rings is 1. The van der Waals surface area contributed by atoms with Gasteiger partial charge in [-0.05, 0) is 76.7 Å². The minimum atomic E-state index is -4.72. The fraction of sp³-hybridized carbons (Fsp3) is 0.619. The summed E-state index contributed by atoms with van der Waals surface area (Å²) in [6.07, 6.45) is -2.40. The van der Waals surface area contributed by atoms with Crippen molar-refractivity contribution in [1.82, 2.24) is 15.5 Å². The smallest absolute Gasteiger partial charge is 0.350 e. The lowest BCUT2D eigenvalue weighted by Gasteiger charge is -2.33. The lowest BCUT2D eigenvalue weighted by Crippen LogP contribution is -2.48. The first-order chi connectivity index (χ1) is 13.8. The van der Waals surface area contributed by atoms with E-state index in [0.717, 1.165) is 25.3 Å². The topological polar surface area (TPSA) is 61.4 Å². The van der Waals surface area contributed by atoms with Crippen molar-refractivity contribution in [3.8, 4) is 0 Å². The van der Waals surface area contributed by atoms with Crippen molar-refractivity contribution in [3.05, 3.63) is 35.1 Å². The van der Waals surface area contributed by atoms with Gasteiger partial charge in [0.15, 0.2) is 0 Å². The van der Waals surface area contributed by atoms with Crippen molar-refractivity contribution in [2.75, 3.05) is 19.6 Å². The molecule has 1 atom stereocenters. The molecule has 2 aliphatic rings. The molecule has 2 amide bonds. The average molecular weight is 429 g/mol. The molecule has 9 heteroatoms. The van der Waals surface area contributed by atoms with E-state index in [1.807, 2.05) is 20.8 Å². The van der Waals surface area contributed by atoms with Crippen LogP contribution in [0.4, 0.5) is 17.6 Å². The number of hydrogen-bond donors (Lipinski definition) is 2. The summed E-state index contributed by atoms with van der Waals surface area (Å²) >= 11 is 0. The third-order valence-corrected chi connectivity index (χ3v) is 5.72. The summed E-state index contributed by atoms with van der Waals surface area (Å²) in [5.74, 6) is -1.83. The van der Waals surface area contributed by atoms with Crippen molar-refractivity contribution in [3.63, 3.8) is 0 Å². The number of rotatable bonds is 4. The number of halogens is 4. The molecule has 1 spiro atoms. The maximum atomic E-state index is 13.6. The van der Waals surface area contributed by atoms with Gasteiger partial charge in [0.2, 0.25) is 5.91 Å². The van der Waals surface area contributed by atoms with Gasteiger partial charge in [0.25, 0.3) is 5.91 Å². The normalized spacial score (nSPS) is 21.4. The summed E-state index contributed by atoms with van der Waals surface area (Å²) in [6.45, 7) is 7.50. The second-order valence-corrected chi connectivity index (χ2v) is 9.39. The van der Waals surface area contributed by atoms with Gasteiger partial charge in [-0.15, -0.1) is 0 Å². The molecule has 1 heterocycles. The number of nitrogens with one attached hydrogen (secondary N) is 2. The van der Waals surface area contributed by atoms with Crippen LogP contribution in [-0.4, -0.2) is 47.9 Å². The van der Waals surface area contributed by atoms with E-state index < -0.39 is 23.5 Å². The molecule has 2 fully saturated rings. The predicted molar refractivity (Wildman–Crippen MR) is 103 cm³/mol. The largest absolute Gasteiger partial charge is 0.416 e. The number of nitrogens with zero attached hydrogens (tertiary/aromatic N) is 1. The third-order valence-electron chi connectivity index (χ3n) is 5.72. The van der Waals surface area contributed by atoms with E-state index in [1.54, 1.807) is 0 Å². The zero-order chi connectivity index (χ0) is 22.3. The van der Waals surface area contributed by atoms with Crippen LogP contribution in [-0.2, 0) is 11.0 Å². The Morgan fingerprint density at radius 3 is 2.33 bits per heavy atom. The highest BCUT2D eigenvalue weighted by Gasteiger charge is 2.55. The van der Waals surface area contributed by atoms with Crippen molar-refractivity contribution < 1.29 is 27.2 Å². The minimum absolute atomic E-state index is 0.0364. The van der Waals surface area contributed by atoms with Crippen LogP contribution in [0.15, 0.2) is 18.2 Å². The second-order valence-electron chi connectivity index (χ2n) is 9.39. The van der Waals surface area contributed by atoms with Crippen LogP contribution >= 0.6 is 0 Å². The molecule has 166 valence electrons. The van der Waals surface area contributed by atoms with Crippen LogP contribution in [0.25, 0.3) is 0 Å². The Bertz CT molecular complexity index is 825. The number of likely N-dealkylation sites (tertiary alicyclic amines) is 1. The molecule has 2 N–H and O–H groups in total. The van der Waals surface area contributed by atoms with Gasteiger partial charge in [0.05, 0.1) is 12.1 Å². The van der Waals surface area contributed by atoms with E-state index in [-0.39, 0.29) is 28.5 Å². The van der Waals surface area contributed by atoms with E-state index in [0.29, 0.717) is 31.8 Å². The SMILES string of the molecule is CC(C)(C)NC(=O)CN1CCC2(CC1)C[C@@H]2NC(=O)c1cc(F)cc(C(F)(F)F)c1. The number of carbonyl (C=O) groups excluding carboxylic acids is 2. The van der Waals surface area contributed by atoms with Gasteiger partial charge in [-0.1, -0.05) is 0 Å². The number of hydrogen-bond acceptors (Lipinski definition) is 3. The lowest BCUT2D eigenvalue weighted by atomic mass is 9.92. The predicted octanol–water partition coefficient (Wildman–Crippen LogP) is 3.34. The van der Waals surface area contributed by atoms with Crippen molar-refractivity contribution in [2.24, 2.45) is 5.41 Å². The Labute approximate surface area is 173 Å². The molecule has 0 radical (unpaired) electrons. The Hall–Kier alpha value is -2.16. The molecule has 5 nitrogen and oxygen atoms in total. The number of alkyl halides is 3. The molecule has 30 heavy (non-hydrogen) atoms. The van der Waals surface area contributed by atoms with Crippen LogP contribution in [0, 0.1) is 11.2 Å². The van der Waals surface area contributed by atoms with Crippen molar-refractivity contribution >= 4 is 11.8 Å². The number of amides is 2. The molecule has 1 aromatic rings. The summed E-state index contributed by atoms with van der Waals surface area (Å²) in [7, 11) is 0. The fourth-order valence-electron chi connectivity index (χ4n) is 4.05. The molecule has 1 saturated heterocycles. The molecule has 0 bridgehead atoms. The van der Waals surface area contributed by atoms with E-state index in [2.05, 4.69) is 15.5 Å². The van der Waals surface area contributed by atoms with E-state index in [1.165, 1.54) is 0 Å². The standard InChI is InChI=1S/C21H27F4N3O2/c1-19(2,3)27-17(29)12-28-6-4-20(5-7-28)11-16(20)26-18(30)13-8-14(21(23,24)25)10-15(22)9-13/h8-10,16H,4-7,11-12H2,1-3H3,(H,26,30)(H,27,29)/t16-/m0/s1. The maximum absolute atomic E-state index is 13.6. The quantitative estimate of drug-likeness (QED) is 0.722. The Morgan fingerprint density at radius 1 is 1.13 bits per heavy atom. The van der Waals surface area contributed by atoms with Crippen LogP contribution < -0.4 is 10.6 Å². The van der Waals surface area contributed by atoms with Gasteiger partial charge in [0.1, 0.15) is 5.82 Å². The summed E-state index contributed by atoms with van der Waals surface area (Å²) in [5, 5.41) is 5.68. The van der Waals surface area contributed by atoms with Crippen molar-refractivity contribution in [2.45, 2.75) is 57.8 Å². The zero-order valence-electron chi connectivity index (χ0n) is 17.3. The molecule has 1 saturated carbocycles. The maximum Gasteiger partial charge on any atom is 0.416 e. The molecular formula is C21H27F4N3O2. The Balaban J connectivity index is 1.53. The highest BCUT2D eigenvalue weighted by Crippen LogP contribution is 2.54. The number of piperidine rings is 1. The first-order valence-corrected chi connectivity index (χ1v) is 9.99.